The Morgan fingerprint density at radius 3 is 2.48 bits per heavy atom. The first-order valence-electron chi connectivity index (χ1n) is 6.98. The van der Waals surface area contributed by atoms with Crippen LogP contribution in [-0.4, -0.2) is 18.1 Å². The Labute approximate surface area is 134 Å². The molecule has 5 heteroatoms. The number of hydrogen-bond acceptors (Lipinski definition) is 3. The van der Waals surface area contributed by atoms with Crippen LogP contribution < -0.4 is 10.1 Å². The predicted molar refractivity (Wildman–Crippen MR) is 85.0 cm³/mol. The molecule has 0 bridgehead atoms. The zero-order chi connectivity index (χ0) is 14.7. The summed E-state index contributed by atoms with van der Waals surface area (Å²) in [7, 11) is 0. The number of halogens is 2. The van der Waals surface area contributed by atoms with E-state index in [2.05, 4.69) is 22.4 Å². The fraction of sp³-hybridized carbons (Fsp3) is 0.312. The van der Waals surface area contributed by atoms with Crippen molar-refractivity contribution in [1.29, 1.82) is 0 Å². The Kier molecular flexibility index (Phi) is 4.63. The molecule has 3 nitrogen and oxygen atoms in total. The number of rotatable bonds is 4. The number of hydrogen-bond donors (Lipinski definition) is 1. The fourth-order valence-electron chi connectivity index (χ4n) is 2.67. The van der Waals surface area contributed by atoms with E-state index in [4.69, 9.17) is 27.9 Å². The molecule has 0 radical (unpaired) electrons. The summed E-state index contributed by atoms with van der Waals surface area (Å²) in [4.78, 5) is 3.95. The molecular weight excluding hydrogens is 307 g/mol. The van der Waals surface area contributed by atoms with Gasteiger partial charge in [-0.15, -0.1) is 0 Å². The average molecular weight is 323 g/mol. The van der Waals surface area contributed by atoms with Gasteiger partial charge in [0.05, 0.1) is 0 Å². The highest BCUT2D eigenvalue weighted by molar-refractivity contribution is 6.32. The maximum absolute atomic E-state index is 6.20. The normalized spacial score (nSPS) is 19.4. The summed E-state index contributed by atoms with van der Waals surface area (Å²) in [5.74, 6) is 1.08. The topological polar surface area (TPSA) is 34.1 Å². The predicted octanol–water partition coefficient (Wildman–Crippen LogP) is 4.12. The summed E-state index contributed by atoms with van der Waals surface area (Å²) in [6.45, 7) is 1.97. The van der Waals surface area contributed by atoms with Crippen LogP contribution >= 0.6 is 23.2 Å². The van der Waals surface area contributed by atoms with Crippen molar-refractivity contribution in [2.45, 2.75) is 12.5 Å². The summed E-state index contributed by atoms with van der Waals surface area (Å²) >= 11 is 11.9. The summed E-state index contributed by atoms with van der Waals surface area (Å²) in [6, 6.07) is 13.6. The highest BCUT2D eigenvalue weighted by atomic mass is 35.5. The lowest BCUT2D eigenvalue weighted by Crippen LogP contribution is -2.21. The van der Waals surface area contributed by atoms with Crippen molar-refractivity contribution >= 4 is 23.2 Å². The van der Waals surface area contributed by atoms with E-state index in [0.29, 0.717) is 22.0 Å². The molecule has 1 aliphatic rings. The molecule has 2 atom stereocenters. The zero-order valence-corrected chi connectivity index (χ0v) is 12.9. The van der Waals surface area contributed by atoms with E-state index in [9.17, 15) is 0 Å². The Morgan fingerprint density at radius 1 is 1.14 bits per heavy atom. The van der Waals surface area contributed by atoms with Crippen LogP contribution in [0, 0.1) is 5.92 Å². The lowest BCUT2D eigenvalue weighted by Gasteiger charge is -2.25. The number of benzene rings is 1. The minimum atomic E-state index is -0.0178. The summed E-state index contributed by atoms with van der Waals surface area (Å²) < 4.78 is 6.20. The van der Waals surface area contributed by atoms with Gasteiger partial charge in [0.2, 0.25) is 0 Å². The van der Waals surface area contributed by atoms with Crippen molar-refractivity contribution in [2.75, 3.05) is 13.1 Å². The standard InChI is InChI=1S/C16H16Cl2N2O/c17-14-8-13(9-15(18)20-14)21-16(12-6-7-19-10-12)11-4-2-1-3-5-11/h1-5,8-9,12,16,19H,6-7,10H2/t12-,16-/m0/s1. The zero-order valence-electron chi connectivity index (χ0n) is 11.4. The van der Waals surface area contributed by atoms with Crippen molar-refractivity contribution in [3.05, 3.63) is 58.3 Å². The lowest BCUT2D eigenvalue weighted by atomic mass is 9.95. The van der Waals surface area contributed by atoms with E-state index in [0.717, 1.165) is 25.1 Å². The van der Waals surface area contributed by atoms with Crippen LogP contribution in [0.1, 0.15) is 18.1 Å². The first-order chi connectivity index (χ1) is 10.2. The Hall–Kier alpha value is -1.29. The van der Waals surface area contributed by atoms with E-state index in [-0.39, 0.29) is 6.10 Å². The Morgan fingerprint density at radius 2 is 1.86 bits per heavy atom. The SMILES string of the molecule is Clc1cc(O[C@@H](c2ccccc2)[C@H]2CCNC2)cc(Cl)n1. The molecule has 1 fully saturated rings. The van der Waals surface area contributed by atoms with Crippen LogP contribution in [0.2, 0.25) is 10.3 Å². The molecular formula is C16H16Cl2N2O. The number of nitrogens with one attached hydrogen (secondary N) is 1. The maximum atomic E-state index is 6.20. The van der Waals surface area contributed by atoms with Gasteiger partial charge in [0.15, 0.2) is 0 Å². The maximum Gasteiger partial charge on any atom is 0.134 e. The third-order valence-corrected chi connectivity index (χ3v) is 4.04. The van der Waals surface area contributed by atoms with Gasteiger partial charge < -0.3 is 10.1 Å². The summed E-state index contributed by atoms with van der Waals surface area (Å²) in [6.07, 6.45) is 1.07. The molecule has 21 heavy (non-hydrogen) atoms. The molecule has 110 valence electrons. The minimum absolute atomic E-state index is 0.0178. The number of nitrogens with zero attached hydrogens (tertiary/aromatic N) is 1. The Balaban J connectivity index is 1.88. The van der Waals surface area contributed by atoms with Gasteiger partial charge in [-0.1, -0.05) is 53.5 Å². The molecule has 1 aromatic heterocycles. The third-order valence-electron chi connectivity index (χ3n) is 3.65. The van der Waals surface area contributed by atoms with Crippen LogP contribution in [0.25, 0.3) is 0 Å². The van der Waals surface area contributed by atoms with Crippen molar-refractivity contribution in [3.8, 4) is 5.75 Å². The average Bonchev–Trinajstić information content (AvgIpc) is 2.98. The van der Waals surface area contributed by atoms with E-state index < -0.39 is 0 Å². The number of aromatic nitrogens is 1. The van der Waals surface area contributed by atoms with E-state index in [1.54, 1.807) is 12.1 Å². The molecule has 0 amide bonds. The number of pyridine rings is 1. The van der Waals surface area contributed by atoms with Crippen LogP contribution in [-0.2, 0) is 0 Å². The first-order valence-corrected chi connectivity index (χ1v) is 7.73. The molecule has 1 aromatic carbocycles. The van der Waals surface area contributed by atoms with Gasteiger partial charge in [-0.3, -0.25) is 0 Å². The molecule has 3 rings (SSSR count). The van der Waals surface area contributed by atoms with Crippen LogP contribution in [0.5, 0.6) is 5.75 Å². The van der Waals surface area contributed by atoms with E-state index >= 15 is 0 Å². The minimum Gasteiger partial charge on any atom is -0.485 e. The molecule has 2 aromatic rings. The highest BCUT2D eigenvalue weighted by Crippen LogP contribution is 2.33. The molecule has 0 spiro atoms. The Bertz CT molecular complexity index is 580. The van der Waals surface area contributed by atoms with Gasteiger partial charge in [0.1, 0.15) is 22.2 Å². The van der Waals surface area contributed by atoms with Gasteiger partial charge in [-0.25, -0.2) is 4.98 Å². The molecule has 1 saturated heterocycles. The van der Waals surface area contributed by atoms with Crippen LogP contribution in [0.3, 0.4) is 0 Å². The molecule has 0 unspecified atom stereocenters. The van der Waals surface area contributed by atoms with E-state index in [1.165, 1.54) is 0 Å². The smallest absolute Gasteiger partial charge is 0.134 e. The number of ether oxygens (including phenoxy) is 1. The first kappa shape index (κ1) is 14.6. The summed E-state index contributed by atoms with van der Waals surface area (Å²) in [5.41, 5.74) is 1.16. The van der Waals surface area contributed by atoms with Crippen molar-refractivity contribution in [1.82, 2.24) is 10.3 Å². The third kappa shape index (κ3) is 3.67. The molecule has 2 heterocycles. The van der Waals surface area contributed by atoms with Gasteiger partial charge in [0, 0.05) is 24.6 Å². The van der Waals surface area contributed by atoms with Gasteiger partial charge in [0.25, 0.3) is 0 Å². The van der Waals surface area contributed by atoms with Crippen LogP contribution in [0.15, 0.2) is 42.5 Å². The summed E-state index contributed by atoms with van der Waals surface area (Å²) in [5, 5.41) is 4.07. The highest BCUT2D eigenvalue weighted by Gasteiger charge is 2.28. The monoisotopic (exact) mass is 322 g/mol. The van der Waals surface area contributed by atoms with Crippen molar-refractivity contribution < 1.29 is 4.74 Å². The largest absolute Gasteiger partial charge is 0.485 e. The van der Waals surface area contributed by atoms with Crippen molar-refractivity contribution in [2.24, 2.45) is 5.92 Å². The van der Waals surface area contributed by atoms with Gasteiger partial charge in [-0.2, -0.15) is 0 Å². The second-order valence-electron chi connectivity index (χ2n) is 5.15. The quantitative estimate of drug-likeness (QED) is 0.860. The fourth-order valence-corrected chi connectivity index (χ4v) is 3.11. The molecule has 1 N–H and O–H groups in total. The second kappa shape index (κ2) is 6.65. The lowest BCUT2D eigenvalue weighted by molar-refractivity contribution is 0.144. The second-order valence-corrected chi connectivity index (χ2v) is 5.92. The van der Waals surface area contributed by atoms with Crippen molar-refractivity contribution in [3.63, 3.8) is 0 Å². The van der Waals surface area contributed by atoms with Gasteiger partial charge in [-0.05, 0) is 18.5 Å². The molecule has 0 saturated carbocycles. The molecule has 1 aliphatic heterocycles. The van der Waals surface area contributed by atoms with Gasteiger partial charge >= 0.3 is 0 Å². The van der Waals surface area contributed by atoms with E-state index in [1.807, 2.05) is 18.2 Å². The van der Waals surface area contributed by atoms with Crippen LogP contribution in [0.4, 0.5) is 0 Å². The molecule has 0 aliphatic carbocycles.